The SMILES string of the molecule is c1ccc2c(c1)-c1ccccc1C1(c3ccccc3-2)c2ccccc2-c2cc(-c3nc(-c4cccc5c4oc4ccccc45)nc(-c4cccc5c4oc4ccccc45)n3)ccc21. The van der Waals surface area contributed by atoms with Crippen molar-refractivity contribution >= 4 is 43.9 Å². The number of aromatic nitrogens is 3. The zero-order valence-corrected chi connectivity index (χ0v) is 33.7. The molecule has 0 N–H and O–H groups in total. The van der Waals surface area contributed by atoms with Gasteiger partial charge in [0.25, 0.3) is 0 Å². The summed E-state index contributed by atoms with van der Waals surface area (Å²) in [6.07, 6.45) is 0. The molecule has 1 spiro atoms. The van der Waals surface area contributed by atoms with Crippen LogP contribution >= 0.6 is 0 Å². The summed E-state index contributed by atoms with van der Waals surface area (Å²) in [5.41, 5.74) is 17.3. The van der Waals surface area contributed by atoms with Gasteiger partial charge in [-0.2, -0.15) is 0 Å². The topological polar surface area (TPSA) is 65.0 Å². The quantitative estimate of drug-likeness (QED) is 0.178. The zero-order valence-electron chi connectivity index (χ0n) is 33.7. The van der Waals surface area contributed by atoms with Gasteiger partial charge in [-0.15, -0.1) is 0 Å². The first-order chi connectivity index (χ1) is 31.2. The van der Waals surface area contributed by atoms with Gasteiger partial charge < -0.3 is 8.83 Å². The van der Waals surface area contributed by atoms with Gasteiger partial charge in [-0.05, 0) is 86.0 Å². The molecule has 292 valence electrons. The van der Waals surface area contributed by atoms with E-state index in [-0.39, 0.29) is 0 Å². The van der Waals surface area contributed by atoms with Gasteiger partial charge in [0.05, 0.1) is 16.5 Å². The van der Waals surface area contributed by atoms with Crippen LogP contribution in [0.4, 0.5) is 0 Å². The standard InChI is InChI=1S/C58H33N3O2/c1-2-16-36-35(15-1)37-17-3-8-26-47(37)58(48-27-9-4-18-38(36)48)49-28-10-5-19-39(49)46-33-34(31-32-50(46)58)55-59-56(44-24-13-22-42-40-20-6-11-29-51(40)62-53(42)44)61-57(60-55)45-25-14-23-43-41-21-7-12-30-52(41)63-54(43)45/h1-33H. The molecular weight excluding hydrogens is 771 g/mol. The Labute approximate surface area is 361 Å². The van der Waals surface area contributed by atoms with Gasteiger partial charge >= 0.3 is 0 Å². The van der Waals surface area contributed by atoms with Crippen molar-refractivity contribution in [2.75, 3.05) is 0 Å². The lowest BCUT2D eigenvalue weighted by Gasteiger charge is -2.35. The third-order valence-electron chi connectivity index (χ3n) is 13.4. The second kappa shape index (κ2) is 12.8. The van der Waals surface area contributed by atoms with Crippen molar-refractivity contribution in [3.05, 3.63) is 222 Å². The van der Waals surface area contributed by atoms with Gasteiger partial charge in [-0.3, -0.25) is 0 Å². The van der Waals surface area contributed by atoms with Crippen molar-refractivity contribution in [3.8, 4) is 67.5 Å². The minimum Gasteiger partial charge on any atom is -0.455 e. The summed E-state index contributed by atoms with van der Waals surface area (Å²) < 4.78 is 13.1. The summed E-state index contributed by atoms with van der Waals surface area (Å²) in [4.78, 5) is 15.9. The van der Waals surface area contributed by atoms with Crippen molar-refractivity contribution < 1.29 is 8.83 Å². The van der Waals surface area contributed by atoms with Crippen LogP contribution in [0, 0.1) is 0 Å². The summed E-state index contributed by atoms with van der Waals surface area (Å²) in [5, 5.41) is 4.12. The summed E-state index contributed by atoms with van der Waals surface area (Å²) in [7, 11) is 0. The van der Waals surface area contributed by atoms with E-state index < -0.39 is 5.41 Å². The molecule has 0 aliphatic heterocycles. The third-order valence-corrected chi connectivity index (χ3v) is 13.4. The minimum atomic E-state index is -0.583. The molecular formula is C58H33N3O2. The first kappa shape index (κ1) is 34.3. The number of rotatable bonds is 3. The molecule has 0 saturated carbocycles. The van der Waals surface area contributed by atoms with Crippen molar-refractivity contribution in [3.63, 3.8) is 0 Å². The van der Waals surface area contributed by atoms with Gasteiger partial charge in [-0.25, -0.2) is 15.0 Å². The lowest BCUT2D eigenvalue weighted by molar-refractivity contribution is 0.669. The van der Waals surface area contributed by atoms with Crippen LogP contribution in [0.25, 0.3) is 111 Å². The van der Waals surface area contributed by atoms with Gasteiger partial charge in [0.15, 0.2) is 17.5 Å². The fourth-order valence-electron chi connectivity index (χ4n) is 10.8. The number of para-hydroxylation sites is 4. The van der Waals surface area contributed by atoms with Crippen LogP contribution in [0.5, 0.6) is 0 Å². The monoisotopic (exact) mass is 803 g/mol. The van der Waals surface area contributed by atoms with E-state index >= 15 is 0 Å². The molecule has 0 amide bonds. The molecule has 0 unspecified atom stereocenters. The second-order valence-electron chi connectivity index (χ2n) is 16.6. The molecule has 5 nitrogen and oxygen atoms in total. The largest absolute Gasteiger partial charge is 0.455 e. The summed E-state index contributed by atoms with van der Waals surface area (Å²) in [6.45, 7) is 0. The molecule has 9 aromatic carbocycles. The normalized spacial score (nSPS) is 13.2. The number of hydrogen-bond donors (Lipinski definition) is 0. The number of fused-ring (bicyclic) bond motifs is 18. The van der Waals surface area contributed by atoms with E-state index in [4.69, 9.17) is 23.8 Å². The van der Waals surface area contributed by atoms with E-state index in [0.29, 0.717) is 17.5 Å². The molecule has 5 heteroatoms. The van der Waals surface area contributed by atoms with Crippen LogP contribution in [-0.4, -0.2) is 15.0 Å². The maximum atomic E-state index is 6.57. The maximum absolute atomic E-state index is 6.57. The van der Waals surface area contributed by atoms with Gasteiger partial charge in [0.1, 0.15) is 22.3 Å². The Bertz CT molecular complexity index is 3690. The predicted octanol–water partition coefficient (Wildman–Crippen LogP) is 14.7. The van der Waals surface area contributed by atoms with Crippen molar-refractivity contribution in [2.24, 2.45) is 0 Å². The molecule has 0 bridgehead atoms. The molecule has 2 aliphatic carbocycles. The highest BCUT2D eigenvalue weighted by atomic mass is 16.3. The average Bonchev–Trinajstić information content (AvgIpc) is 4.00. The number of hydrogen-bond acceptors (Lipinski definition) is 5. The second-order valence-corrected chi connectivity index (χ2v) is 16.6. The molecule has 0 radical (unpaired) electrons. The lowest BCUT2D eigenvalue weighted by atomic mass is 9.66. The summed E-state index contributed by atoms with van der Waals surface area (Å²) in [6, 6.07) is 71.1. The van der Waals surface area contributed by atoms with E-state index in [9.17, 15) is 0 Å². The number of furan rings is 2. The fourth-order valence-corrected chi connectivity index (χ4v) is 10.8. The first-order valence-electron chi connectivity index (χ1n) is 21.3. The Balaban J connectivity index is 1.04. The van der Waals surface area contributed by atoms with Crippen molar-refractivity contribution in [1.82, 2.24) is 15.0 Å². The lowest BCUT2D eigenvalue weighted by Crippen LogP contribution is -2.29. The Hall–Kier alpha value is -8.41. The highest BCUT2D eigenvalue weighted by Crippen LogP contribution is 2.61. The third kappa shape index (κ3) is 4.68. The van der Waals surface area contributed by atoms with E-state index in [2.05, 4.69) is 152 Å². The molecule has 0 fully saturated rings. The Morgan fingerprint density at radius 3 is 1.19 bits per heavy atom. The molecule has 63 heavy (non-hydrogen) atoms. The smallest absolute Gasteiger partial charge is 0.167 e. The van der Waals surface area contributed by atoms with Crippen LogP contribution in [-0.2, 0) is 5.41 Å². The van der Waals surface area contributed by atoms with E-state index in [1.165, 1.54) is 50.1 Å². The van der Waals surface area contributed by atoms with Crippen LogP contribution in [0.1, 0.15) is 22.3 Å². The average molecular weight is 804 g/mol. The number of nitrogens with zero attached hydrogens (tertiary/aromatic N) is 3. The van der Waals surface area contributed by atoms with Crippen LogP contribution < -0.4 is 0 Å². The zero-order chi connectivity index (χ0) is 41.2. The molecule has 3 aromatic heterocycles. The first-order valence-corrected chi connectivity index (χ1v) is 21.3. The Morgan fingerprint density at radius 1 is 0.286 bits per heavy atom. The number of benzene rings is 9. The van der Waals surface area contributed by atoms with E-state index in [1.807, 2.05) is 48.5 Å². The highest BCUT2D eigenvalue weighted by molar-refractivity contribution is 6.10. The molecule has 0 atom stereocenters. The van der Waals surface area contributed by atoms with Crippen LogP contribution in [0.15, 0.2) is 209 Å². The minimum absolute atomic E-state index is 0.523. The molecule has 14 rings (SSSR count). The molecule has 2 aliphatic rings. The van der Waals surface area contributed by atoms with Crippen molar-refractivity contribution in [1.29, 1.82) is 0 Å². The predicted molar refractivity (Wildman–Crippen MR) is 252 cm³/mol. The van der Waals surface area contributed by atoms with Crippen LogP contribution in [0.2, 0.25) is 0 Å². The van der Waals surface area contributed by atoms with Crippen molar-refractivity contribution in [2.45, 2.75) is 5.41 Å². The van der Waals surface area contributed by atoms with Crippen LogP contribution in [0.3, 0.4) is 0 Å². The molecule has 12 aromatic rings. The summed E-state index contributed by atoms with van der Waals surface area (Å²) >= 11 is 0. The Morgan fingerprint density at radius 2 is 0.667 bits per heavy atom. The summed E-state index contributed by atoms with van der Waals surface area (Å²) in [5.74, 6) is 1.61. The van der Waals surface area contributed by atoms with E-state index in [1.54, 1.807) is 0 Å². The molecule has 3 heterocycles. The maximum Gasteiger partial charge on any atom is 0.167 e. The Kier molecular flexibility index (Phi) is 6.97. The highest BCUT2D eigenvalue weighted by Gasteiger charge is 2.49. The van der Waals surface area contributed by atoms with E-state index in [0.717, 1.165) is 66.1 Å². The van der Waals surface area contributed by atoms with Gasteiger partial charge in [0, 0.05) is 27.1 Å². The van der Waals surface area contributed by atoms with Gasteiger partial charge in [0.2, 0.25) is 0 Å². The molecule has 0 saturated heterocycles. The fraction of sp³-hybridized carbons (Fsp3) is 0.0172. The van der Waals surface area contributed by atoms with Gasteiger partial charge in [-0.1, -0.05) is 170 Å².